The summed E-state index contributed by atoms with van der Waals surface area (Å²) in [6.07, 6.45) is -3.61. The second-order valence-corrected chi connectivity index (χ2v) is 8.58. The van der Waals surface area contributed by atoms with E-state index in [0.29, 0.717) is 30.5 Å². The van der Waals surface area contributed by atoms with Crippen LogP contribution in [-0.2, 0) is 11.0 Å². The quantitative estimate of drug-likeness (QED) is 0.658. The molecule has 4 aliphatic rings. The Balaban J connectivity index is 1.65. The smallest absolute Gasteiger partial charge is 0.369 e. The van der Waals surface area contributed by atoms with Gasteiger partial charge in [0.1, 0.15) is 5.82 Å². The van der Waals surface area contributed by atoms with Crippen LogP contribution < -0.4 is 5.73 Å². The maximum Gasteiger partial charge on any atom is 0.433 e. The van der Waals surface area contributed by atoms with Crippen molar-refractivity contribution in [1.82, 2.24) is 14.5 Å². The lowest BCUT2D eigenvalue weighted by Gasteiger charge is -2.35. The number of carbonyl (C=O) groups excluding carboxylic acids is 2. The van der Waals surface area contributed by atoms with Gasteiger partial charge in [-0.25, -0.2) is 4.98 Å². The normalized spacial score (nSPS) is 25.9. The Morgan fingerprint density at radius 2 is 2.06 bits per heavy atom. The van der Waals surface area contributed by atoms with E-state index in [4.69, 9.17) is 5.73 Å². The summed E-state index contributed by atoms with van der Waals surface area (Å²) in [5.74, 6) is 3.78. The van der Waals surface area contributed by atoms with Gasteiger partial charge in [-0.05, 0) is 36.5 Å². The number of rotatable bonds is 1. The molecule has 4 heterocycles. The standard InChI is InChI=1S/C22H19F3N4O3/c1-28-7-6-21(32,20(28)31)5-4-11-2-3-14-12-9-13(10-12)29-17(22(23,24)25)16(18(26)30)27-19(29)15(14)8-11/h2-3,8,12-13,32H,6-7,9-10H2,1H3,(H2,26,30)/t12?,13?,21-/m0/s1. The number of carbonyl (C=O) groups is 2. The van der Waals surface area contributed by atoms with Crippen molar-refractivity contribution in [2.75, 3.05) is 13.6 Å². The Kier molecular flexibility index (Phi) is 4.24. The van der Waals surface area contributed by atoms with Gasteiger partial charge >= 0.3 is 6.18 Å². The summed E-state index contributed by atoms with van der Waals surface area (Å²) in [6, 6.07) is 4.67. The van der Waals surface area contributed by atoms with Crippen molar-refractivity contribution >= 4 is 11.8 Å². The van der Waals surface area contributed by atoms with Crippen LogP contribution >= 0.6 is 0 Å². The van der Waals surface area contributed by atoms with Crippen LogP contribution in [0.25, 0.3) is 11.4 Å². The monoisotopic (exact) mass is 444 g/mol. The number of alkyl halides is 3. The zero-order chi connectivity index (χ0) is 23.0. The van der Waals surface area contributed by atoms with E-state index in [2.05, 4.69) is 16.8 Å². The highest BCUT2D eigenvalue weighted by atomic mass is 19.4. The highest BCUT2D eigenvalue weighted by molar-refractivity contribution is 5.93. The Bertz CT molecular complexity index is 1230. The van der Waals surface area contributed by atoms with Crippen molar-refractivity contribution in [3.63, 3.8) is 0 Å². The number of primary amides is 1. The topological polar surface area (TPSA) is 101 Å². The summed E-state index contributed by atoms with van der Waals surface area (Å²) < 4.78 is 42.7. The van der Waals surface area contributed by atoms with E-state index in [1.807, 2.05) is 0 Å². The Hall–Kier alpha value is -3.32. The highest BCUT2D eigenvalue weighted by Crippen LogP contribution is 2.54. The first kappa shape index (κ1) is 20.6. The van der Waals surface area contributed by atoms with E-state index in [9.17, 15) is 27.9 Å². The van der Waals surface area contributed by atoms with Gasteiger partial charge in [-0.3, -0.25) is 9.59 Å². The van der Waals surface area contributed by atoms with Crippen LogP contribution in [0, 0.1) is 11.8 Å². The van der Waals surface area contributed by atoms with E-state index >= 15 is 0 Å². The third-order valence-electron chi connectivity index (χ3n) is 6.55. The molecule has 7 nitrogen and oxygen atoms in total. The fraction of sp³-hybridized carbons (Fsp3) is 0.409. The van der Waals surface area contributed by atoms with E-state index in [1.165, 1.54) is 4.90 Å². The zero-order valence-electron chi connectivity index (χ0n) is 17.0. The largest absolute Gasteiger partial charge is 0.433 e. The number of aliphatic hydroxyl groups is 1. The molecule has 1 saturated carbocycles. The molecule has 0 unspecified atom stereocenters. The number of likely N-dealkylation sites (tertiary alicyclic amines) is 1. The molecule has 2 amide bonds. The van der Waals surface area contributed by atoms with Gasteiger partial charge in [0, 0.05) is 37.2 Å². The molecule has 2 fully saturated rings. The Morgan fingerprint density at radius 1 is 1.34 bits per heavy atom. The minimum atomic E-state index is -4.79. The first-order valence-corrected chi connectivity index (χ1v) is 10.1. The van der Waals surface area contributed by atoms with Gasteiger partial charge in [0.05, 0.1) is 0 Å². The third kappa shape index (κ3) is 2.92. The number of nitrogens with zero attached hydrogens (tertiary/aromatic N) is 3. The van der Waals surface area contributed by atoms with Crippen LogP contribution in [0.3, 0.4) is 0 Å². The maximum absolute atomic E-state index is 13.9. The molecular formula is C22H19F3N4O3. The van der Waals surface area contributed by atoms with Crippen LogP contribution in [0.4, 0.5) is 13.2 Å². The number of imidazole rings is 1. The van der Waals surface area contributed by atoms with Crippen molar-refractivity contribution in [3.05, 3.63) is 40.7 Å². The number of nitrogens with two attached hydrogens (primary N) is 1. The van der Waals surface area contributed by atoms with Gasteiger partial charge in [-0.2, -0.15) is 13.2 Å². The Labute approximate surface area is 181 Å². The van der Waals surface area contributed by atoms with Crippen molar-refractivity contribution in [3.8, 4) is 23.2 Å². The van der Waals surface area contributed by atoms with Crippen LogP contribution in [0.5, 0.6) is 0 Å². The number of amides is 2. The zero-order valence-corrected chi connectivity index (χ0v) is 17.0. The molecule has 2 bridgehead atoms. The third-order valence-corrected chi connectivity index (χ3v) is 6.55. The lowest BCUT2D eigenvalue weighted by molar-refractivity contribution is -0.145. The van der Waals surface area contributed by atoms with Crippen molar-refractivity contribution in [2.45, 2.75) is 43.0 Å². The number of hydrogen-bond donors (Lipinski definition) is 2. The predicted molar refractivity (Wildman–Crippen MR) is 106 cm³/mol. The summed E-state index contributed by atoms with van der Waals surface area (Å²) >= 11 is 0. The molecule has 3 aliphatic heterocycles. The highest BCUT2D eigenvalue weighted by Gasteiger charge is 2.48. The van der Waals surface area contributed by atoms with Gasteiger partial charge in [0.2, 0.25) is 5.60 Å². The molecular weight excluding hydrogens is 425 g/mol. The van der Waals surface area contributed by atoms with E-state index in [-0.39, 0.29) is 18.2 Å². The maximum atomic E-state index is 13.9. The van der Waals surface area contributed by atoms with Crippen molar-refractivity contribution in [1.29, 1.82) is 0 Å². The number of halogens is 3. The number of benzene rings is 1. The molecule has 166 valence electrons. The molecule has 0 radical (unpaired) electrons. The average Bonchev–Trinajstić information content (AvgIpc) is 3.13. The molecule has 1 atom stereocenters. The van der Waals surface area contributed by atoms with Gasteiger partial charge in [0.15, 0.2) is 11.4 Å². The predicted octanol–water partition coefficient (Wildman–Crippen LogP) is 2.04. The summed E-state index contributed by atoms with van der Waals surface area (Å²) in [6.45, 7) is 0.380. The molecule has 2 aromatic rings. The number of likely N-dealkylation sites (N-methyl/N-ethyl adjacent to an activating group) is 1. The molecule has 6 rings (SSSR count). The van der Waals surface area contributed by atoms with Crippen LogP contribution in [0.15, 0.2) is 18.2 Å². The molecule has 1 aromatic carbocycles. The van der Waals surface area contributed by atoms with Crippen LogP contribution in [0.1, 0.15) is 58.5 Å². The summed E-state index contributed by atoms with van der Waals surface area (Å²) in [5, 5.41) is 10.5. The van der Waals surface area contributed by atoms with E-state index < -0.39 is 41.0 Å². The molecule has 0 spiro atoms. The number of hydrogen-bond acceptors (Lipinski definition) is 4. The van der Waals surface area contributed by atoms with E-state index in [0.717, 1.165) is 10.1 Å². The van der Waals surface area contributed by atoms with Crippen molar-refractivity contribution in [2.24, 2.45) is 5.73 Å². The molecule has 3 N–H and O–H groups in total. The molecule has 1 aliphatic carbocycles. The number of aromatic nitrogens is 2. The van der Waals surface area contributed by atoms with Crippen molar-refractivity contribution < 1.29 is 27.9 Å². The molecule has 32 heavy (non-hydrogen) atoms. The summed E-state index contributed by atoms with van der Waals surface area (Å²) in [7, 11) is 1.57. The molecule has 10 heteroatoms. The molecule has 1 saturated heterocycles. The minimum absolute atomic E-state index is 0.0326. The first-order valence-electron chi connectivity index (χ1n) is 10.1. The fourth-order valence-corrected chi connectivity index (χ4v) is 4.80. The molecule has 1 aromatic heterocycles. The average molecular weight is 444 g/mol. The Morgan fingerprint density at radius 3 is 2.66 bits per heavy atom. The van der Waals surface area contributed by atoms with Crippen LogP contribution in [-0.4, -0.2) is 50.6 Å². The second-order valence-electron chi connectivity index (χ2n) is 8.58. The second kappa shape index (κ2) is 6.59. The lowest BCUT2D eigenvalue weighted by atomic mass is 9.75. The van der Waals surface area contributed by atoms with Crippen LogP contribution in [0.2, 0.25) is 0 Å². The van der Waals surface area contributed by atoms with Gasteiger partial charge in [-0.15, -0.1) is 0 Å². The van der Waals surface area contributed by atoms with E-state index in [1.54, 1.807) is 25.2 Å². The SMILES string of the molecule is CN1CC[C@@](O)(C#Cc2ccc3c(c2)-c2nc(C(N)=O)c(C(F)(F)F)n2C2CC3C2)C1=O. The first-order chi connectivity index (χ1) is 15.0. The van der Waals surface area contributed by atoms with Gasteiger partial charge in [-0.1, -0.05) is 17.9 Å². The minimum Gasteiger partial charge on any atom is -0.369 e. The van der Waals surface area contributed by atoms with Gasteiger partial charge < -0.3 is 20.3 Å². The van der Waals surface area contributed by atoms with Gasteiger partial charge in [0.25, 0.3) is 11.8 Å². The summed E-state index contributed by atoms with van der Waals surface area (Å²) in [5.41, 5.74) is 3.21. The fourth-order valence-electron chi connectivity index (χ4n) is 4.80. The lowest BCUT2D eigenvalue weighted by Crippen LogP contribution is -2.37. The summed E-state index contributed by atoms with van der Waals surface area (Å²) in [4.78, 5) is 29.3.